The molecule has 1 saturated carbocycles. The van der Waals surface area contributed by atoms with Crippen LogP contribution in [0.15, 0.2) is 41.4 Å². The molecule has 0 aliphatic heterocycles. The summed E-state index contributed by atoms with van der Waals surface area (Å²) in [6.45, 7) is 2.58. The van der Waals surface area contributed by atoms with Crippen LogP contribution in [-0.4, -0.2) is 24.7 Å². The Kier molecular flexibility index (Phi) is 5.91. The van der Waals surface area contributed by atoms with Crippen molar-refractivity contribution in [3.8, 4) is 11.3 Å². The standard InChI is InChI=1S/C19H27N3O2S/c1-2-3-9-14-20-25(23,24)18-15-22(17-12-7-8-13-17)21-19(18)16-10-5-4-6-11-16/h4-6,10-11,15,17,20H,2-3,7-9,12-14H2,1H3. The van der Waals surface area contributed by atoms with Crippen molar-refractivity contribution in [2.75, 3.05) is 6.54 Å². The molecular weight excluding hydrogens is 334 g/mol. The van der Waals surface area contributed by atoms with Crippen LogP contribution in [0.5, 0.6) is 0 Å². The number of benzene rings is 1. The van der Waals surface area contributed by atoms with E-state index in [1.54, 1.807) is 6.20 Å². The molecule has 1 heterocycles. The number of aromatic nitrogens is 2. The van der Waals surface area contributed by atoms with Crippen LogP contribution in [0.1, 0.15) is 57.9 Å². The molecule has 0 amide bonds. The van der Waals surface area contributed by atoms with Crippen LogP contribution in [-0.2, 0) is 10.0 Å². The van der Waals surface area contributed by atoms with Crippen molar-refractivity contribution in [1.29, 1.82) is 0 Å². The molecule has 1 aliphatic carbocycles. The highest BCUT2D eigenvalue weighted by molar-refractivity contribution is 7.89. The van der Waals surface area contributed by atoms with E-state index < -0.39 is 10.0 Å². The third-order valence-electron chi connectivity index (χ3n) is 4.81. The van der Waals surface area contributed by atoms with E-state index in [0.717, 1.165) is 37.7 Å². The number of hydrogen-bond donors (Lipinski definition) is 1. The molecule has 1 aromatic carbocycles. The maximum Gasteiger partial charge on any atom is 0.244 e. The molecule has 5 nitrogen and oxygen atoms in total. The SMILES string of the molecule is CCCCCNS(=O)(=O)c1cn(C2CCCC2)nc1-c1ccccc1. The Labute approximate surface area is 150 Å². The highest BCUT2D eigenvalue weighted by atomic mass is 32.2. The summed E-state index contributed by atoms with van der Waals surface area (Å²) in [5.74, 6) is 0. The van der Waals surface area contributed by atoms with E-state index in [-0.39, 0.29) is 0 Å². The maximum atomic E-state index is 12.9. The zero-order valence-corrected chi connectivity index (χ0v) is 15.6. The van der Waals surface area contributed by atoms with E-state index in [9.17, 15) is 8.42 Å². The minimum Gasteiger partial charge on any atom is -0.268 e. The molecule has 0 radical (unpaired) electrons. The molecule has 1 aliphatic rings. The monoisotopic (exact) mass is 361 g/mol. The molecule has 0 bridgehead atoms. The van der Waals surface area contributed by atoms with Gasteiger partial charge in [-0.1, -0.05) is 62.9 Å². The predicted octanol–water partition coefficient (Wildman–Crippen LogP) is 4.13. The van der Waals surface area contributed by atoms with Crippen molar-refractivity contribution in [2.24, 2.45) is 0 Å². The summed E-state index contributed by atoms with van der Waals surface area (Å²) in [6.07, 6.45) is 9.17. The molecule has 0 atom stereocenters. The number of hydrogen-bond acceptors (Lipinski definition) is 3. The molecule has 136 valence electrons. The van der Waals surface area contributed by atoms with Crippen LogP contribution in [0.4, 0.5) is 0 Å². The number of unbranched alkanes of at least 4 members (excludes halogenated alkanes) is 2. The van der Waals surface area contributed by atoms with Crippen LogP contribution < -0.4 is 4.72 Å². The van der Waals surface area contributed by atoms with E-state index in [0.29, 0.717) is 23.2 Å². The summed E-state index contributed by atoms with van der Waals surface area (Å²) in [7, 11) is -3.56. The van der Waals surface area contributed by atoms with Crippen LogP contribution in [0.25, 0.3) is 11.3 Å². The van der Waals surface area contributed by atoms with Crippen molar-refractivity contribution in [3.63, 3.8) is 0 Å². The van der Waals surface area contributed by atoms with Crippen molar-refractivity contribution < 1.29 is 8.42 Å². The Morgan fingerprint density at radius 1 is 1.16 bits per heavy atom. The first-order valence-electron chi connectivity index (χ1n) is 9.26. The zero-order chi connectivity index (χ0) is 17.7. The van der Waals surface area contributed by atoms with Crippen molar-refractivity contribution in [1.82, 2.24) is 14.5 Å². The molecule has 6 heteroatoms. The highest BCUT2D eigenvalue weighted by Gasteiger charge is 2.26. The summed E-state index contributed by atoms with van der Waals surface area (Å²) < 4.78 is 30.3. The average molecular weight is 362 g/mol. The summed E-state index contributed by atoms with van der Waals surface area (Å²) >= 11 is 0. The van der Waals surface area contributed by atoms with Gasteiger partial charge in [-0.2, -0.15) is 5.10 Å². The van der Waals surface area contributed by atoms with Gasteiger partial charge in [0.15, 0.2) is 0 Å². The largest absolute Gasteiger partial charge is 0.268 e. The van der Waals surface area contributed by atoms with Gasteiger partial charge in [-0.15, -0.1) is 0 Å². The van der Waals surface area contributed by atoms with Gasteiger partial charge in [-0.3, -0.25) is 4.68 Å². The lowest BCUT2D eigenvalue weighted by molar-refractivity contribution is 0.467. The van der Waals surface area contributed by atoms with Crippen LogP contribution in [0.2, 0.25) is 0 Å². The lowest BCUT2D eigenvalue weighted by Crippen LogP contribution is -2.25. The number of nitrogens with one attached hydrogen (secondary N) is 1. The van der Waals surface area contributed by atoms with Gasteiger partial charge >= 0.3 is 0 Å². The third kappa shape index (κ3) is 4.30. The second-order valence-corrected chi connectivity index (χ2v) is 8.47. The molecule has 1 aromatic heterocycles. The number of rotatable bonds is 8. The minimum atomic E-state index is -3.56. The first-order valence-corrected chi connectivity index (χ1v) is 10.7. The highest BCUT2D eigenvalue weighted by Crippen LogP contribution is 2.33. The lowest BCUT2D eigenvalue weighted by Gasteiger charge is -2.08. The minimum absolute atomic E-state index is 0.294. The van der Waals surface area contributed by atoms with E-state index in [2.05, 4.69) is 16.7 Å². The average Bonchev–Trinajstić information content (AvgIpc) is 3.29. The second-order valence-electron chi connectivity index (χ2n) is 6.73. The quantitative estimate of drug-likeness (QED) is 0.719. The van der Waals surface area contributed by atoms with Gasteiger partial charge in [0.2, 0.25) is 10.0 Å². The zero-order valence-electron chi connectivity index (χ0n) is 14.8. The smallest absolute Gasteiger partial charge is 0.244 e. The van der Waals surface area contributed by atoms with Gasteiger partial charge in [-0.25, -0.2) is 13.1 Å². The van der Waals surface area contributed by atoms with Crippen molar-refractivity contribution in [2.45, 2.75) is 62.8 Å². The van der Waals surface area contributed by atoms with Crippen LogP contribution in [0.3, 0.4) is 0 Å². The van der Waals surface area contributed by atoms with Gasteiger partial charge < -0.3 is 0 Å². The van der Waals surface area contributed by atoms with Gasteiger partial charge in [0.25, 0.3) is 0 Å². The number of sulfonamides is 1. The van der Waals surface area contributed by atoms with Gasteiger partial charge in [0, 0.05) is 18.3 Å². The lowest BCUT2D eigenvalue weighted by atomic mass is 10.2. The molecule has 0 saturated heterocycles. The van der Waals surface area contributed by atoms with E-state index in [4.69, 9.17) is 0 Å². The van der Waals surface area contributed by atoms with Crippen molar-refractivity contribution in [3.05, 3.63) is 36.5 Å². The van der Waals surface area contributed by atoms with E-state index in [1.165, 1.54) is 12.8 Å². The number of nitrogens with zero attached hydrogens (tertiary/aromatic N) is 2. The van der Waals surface area contributed by atoms with Crippen LogP contribution >= 0.6 is 0 Å². The normalized spacial score (nSPS) is 15.7. The van der Waals surface area contributed by atoms with Crippen LogP contribution in [0, 0.1) is 0 Å². The molecule has 3 rings (SSSR count). The molecule has 2 aromatic rings. The second kappa shape index (κ2) is 8.15. The Balaban J connectivity index is 1.93. The first kappa shape index (κ1) is 18.1. The fourth-order valence-corrected chi connectivity index (χ4v) is 4.61. The fraction of sp³-hybridized carbons (Fsp3) is 0.526. The summed E-state index contributed by atoms with van der Waals surface area (Å²) in [5.41, 5.74) is 1.39. The fourth-order valence-electron chi connectivity index (χ4n) is 3.38. The molecular formula is C19H27N3O2S. The molecule has 1 N–H and O–H groups in total. The Morgan fingerprint density at radius 2 is 1.88 bits per heavy atom. The van der Waals surface area contributed by atoms with Gasteiger partial charge in [-0.05, 0) is 19.3 Å². The van der Waals surface area contributed by atoms with E-state index >= 15 is 0 Å². The van der Waals surface area contributed by atoms with Gasteiger partial charge in [0.1, 0.15) is 10.6 Å². The third-order valence-corrected chi connectivity index (χ3v) is 6.27. The predicted molar refractivity (Wildman–Crippen MR) is 99.9 cm³/mol. The summed E-state index contributed by atoms with van der Waals surface area (Å²) in [6, 6.07) is 9.89. The Bertz CT molecular complexity index is 778. The van der Waals surface area contributed by atoms with Gasteiger partial charge in [0.05, 0.1) is 6.04 Å². The maximum absolute atomic E-state index is 12.9. The van der Waals surface area contributed by atoms with Crippen molar-refractivity contribution >= 4 is 10.0 Å². The molecule has 25 heavy (non-hydrogen) atoms. The Hall–Kier alpha value is -1.66. The Morgan fingerprint density at radius 3 is 2.56 bits per heavy atom. The molecule has 1 fully saturated rings. The molecule has 0 spiro atoms. The molecule has 0 unspecified atom stereocenters. The van der Waals surface area contributed by atoms with E-state index in [1.807, 2.05) is 35.0 Å². The topological polar surface area (TPSA) is 64.0 Å². The first-order chi connectivity index (χ1) is 12.1. The summed E-state index contributed by atoms with van der Waals surface area (Å²) in [4.78, 5) is 0.294. The summed E-state index contributed by atoms with van der Waals surface area (Å²) in [5, 5.41) is 4.67.